The Labute approximate surface area is 107 Å². The van der Waals surface area contributed by atoms with Crippen molar-refractivity contribution in [2.24, 2.45) is 5.73 Å². The molecule has 0 aliphatic carbocycles. The van der Waals surface area contributed by atoms with E-state index in [0.29, 0.717) is 13.0 Å². The van der Waals surface area contributed by atoms with Crippen LogP contribution in [0.15, 0.2) is 12.1 Å². The van der Waals surface area contributed by atoms with Gasteiger partial charge in [-0.25, -0.2) is 0 Å². The topological polar surface area (TPSA) is 58.4 Å². The van der Waals surface area contributed by atoms with Crippen molar-refractivity contribution in [1.82, 2.24) is 10.2 Å². The second kappa shape index (κ2) is 6.74. The van der Waals surface area contributed by atoms with E-state index in [1.807, 2.05) is 7.05 Å². The summed E-state index contributed by atoms with van der Waals surface area (Å²) in [4.78, 5) is 15.9. The molecule has 0 fully saturated rings. The maximum Gasteiger partial charge on any atom is 0.221 e. The number of nitrogens with one attached hydrogen (secondary N) is 1. The van der Waals surface area contributed by atoms with Crippen LogP contribution < -0.4 is 11.1 Å². The van der Waals surface area contributed by atoms with E-state index in [-0.39, 0.29) is 11.9 Å². The lowest BCUT2D eigenvalue weighted by Gasteiger charge is -2.25. The number of rotatable bonds is 6. The van der Waals surface area contributed by atoms with Crippen LogP contribution in [-0.4, -0.2) is 38.0 Å². The summed E-state index contributed by atoms with van der Waals surface area (Å²) in [5.74, 6) is 0.0648. The number of hydrogen-bond acceptors (Lipinski definition) is 4. The molecule has 96 valence electrons. The lowest BCUT2D eigenvalue weighted by atomic mass is 10.2. The van der Waals surface area contributed by atoms with E-state index in [1.54, 1.807) is 18.4 Å². The molecule has 0 aliphatic heterocycles. The summed E-state index contributed by atoms with van der Waals surface area (Å²) in [5, 5.41) is 2.63. The van der Waals surface area contributed by atoms with E-state index in [0.717, 1.165) is 6.54 Å². The summed E-state index contributed by atoms with van der Waals surface area (Å²) in [5.41, 5.74) is 5.82. The van der Waals surface area contributed by atoms with Crippen LogP contribution in [-0.2, 0) is 4.79 Å². The maximum absolute atomic E-state index is 11.2. The predicted octanol–water partition coefficient (Wildman–Crippen LogP) is 1.12. The quantitative estimate of drug-likeness (QED) is 0.801. The molecule has 1 aromatic rings. The van der Waals surface area contributed by atoms with Crippen molar-refractivity contribution in [1.29, 1.82) is 0 Å². The van der Waals surface area contributed by atoms with Gasteiger partial charge in [0.1, 0.15) is 0 Å². The second-order valence-electron chi connectivity index (χ2n) is 4.10. The van der Waals surface area contributed by atoms with Crippen LogP contribution in [0.4, 0.5) is 0 Å². The molecule has 1 amide bonds. The normalized spacial score (nSPS) is 12.8. The molecular weight excluding hydrogens is 234 g/mol. The summed E-state index contributed by atoms with van der Waals surface area (Å²) >= 11 is 1.77. The highest BCUT2D eigenvalue weighted by molar-refractivity contribution is 7.12. The fourth-order valence-electron chi connectivity index (χ4n) is 1.70. The number of hydrogen-bond donors (Lipinski definition) is 2. The van der Waals surface area contributed by atoms with E-state index in [4.69, 9.17) is 5.73 Å². The van der Waals surface area contributed by atoms with Gasteiger partial charge < -0.3 is 11.1 Å². The van der Waals surface area contributed by atoms with Gasteiger partial charge in [0.2, 0.25) is 5.91 Å². The molecular formula is C12H21N3OS. The third kappa shape index (κ3) is 4.11. The summed E-state index contributed by atoms with van der Waals surface area (Å²) in [6.45, 7) is 3.38. The Morgan fingerprint density at radius 1 is 1.59 bits per heavy atom. The Bertz CT molecular complexity index is 364. The van der Waals surface area contributed by atoms with Gasteiger partial charge in [-0.1, -0.05) is 0 Å². The Morgan fingerprint density at radius 3 is 2.76 bits per heavy atom. The van der Waals surface area contributed by atoms with Crippen molar-refractivity contribution in [3.05, 3.63) is 21.9 Å². The molecule has 0 aliphatic rings. The van der Waals surface area contributed by atoms with Gasteiger partial charge >= 0.3 is 0 Å². The smallest absolute Gasteiger partial charge is 0.221 e. The Morgan fingerprint density at radius 2 is 2.29 bits per heavy atom. The monoisotopic (exact) mass is 255 g/mol. The SMILES string of the molecule is CNC(=O)CCN(C)C(CN)c1ccc(C)s1. The molecule has 3 N–H and O–H groups in total. The largest absolute Gasteiger partial charge is 0.359 e. The zero-order valence-electron chi connectivity index (χ0n) is 10.7. The van der Waals surface area contributed by atoms with Crippen LogP contribution in [0.2, 0.25) is 0 Å². The van der Waals surface area contributed by atoms with Crippen molar-refractivity contribution in [2.75, 3.05) is 27.2 Å². The number of carbonyl (C=O) groups excluding carboxylic acids is 1. The van der Waals surface area contributed by atoms with Gasteiger partial charge in [-0.3, -0.25) is 9.69 Å². The minimum Gasteiger partial charge on any atom is -0.359 e. The number of nitrogens with two attached hydrogens (primary N) is 1. The molecule has 1 heterocycles. The Balaban J connectivity index is 2.58. The third-order valence-corrected chi connectivity index (χ3v) is 3.92. The molecule has 0 saturated heterocycles. The van der Waals surface area contributed by atoms with Crippen molar-refractivity contribution in [3.63, 3.8) is 0 Å². The first-order chi connectivity index (χ1) is 8.08. The van der Waals surface area contributed by atoms with Gasteiger partial charge in [0.05, 0.1) is 6.04 Å². The van der Waals surface area contributed by atoms with Crippen LogP contribution in [0.1, 0.15) is 22.2 Å². The molecule has 0 radical (unpaired) electrons. The van der Waals surface area contributed by atoms with Gasteiger partial charge in [-0.2, -0.15) is 0 Å². The minimum atomic E-state index is 0.0648. The zero-order valence-corrected chi connectivity index (χ0v) is 11.5. The van der Waals surface area contributed by atoms with Gasteiger partial charge in [-0.05, 0) is 26.1 Å². The van der Waals surface area contributed by atoms with E-state index >= 15 is 0 Å². The third-order valence-electron chi connectivity index (χ3n) is 2.82. The van der Waals surface area contributed by atoms with Crippen LogP contribution in [0.3, 0.4) is 0 Å². The van der Waals surface area contributed by atoms with Crippen LogP contribution in [0.25, 0.3) is 0 Å². The van der Waals surface area contributed by atoms with Crippen LogP contribution >= 0.6 is 11.3 Å². The minimum absolute atomic E-state index is 0.0648. The summed E-state index contributed by atoms with van der Waals surface area (Å²) in [7, 11) is 3.67. The number of nitrogens with zero attached hydrogens (tertiary/aromatic N) is 1. The number of likely N-dealkylation sites (N-methyl/N-ethyl adjacent to an activating group) is 1. The fourth-order valence-corrected chi connectivity index (χ4v) is 2.76. The molecule has 17 heavy (non-hydrogen) atoms. The summed E-state index contributed by atoms with van der Waals surface area (Å²) < 4.78 is 0. The van der Waals surface area contributed by atoms with Crippen molar-refractivity contribution < 1.29 is 4.79 Å². The van der Waals surface area contributed by atoms with Gasteiger partial charge in [0.15, 0.2) is 0 Å². The summed E-state index contributed by atoms with van der Waals surface area (Å²) in [6, 6.07) is 4.43. The average Bonchev–Trinajstić information content (AvgIpc) is 2.73. The highest BCUT2D eigenvalue weighted by atomic mass is 32.1. The average molecular weight is 255 g/mol. The molecule has 1 aromatic heterocycles. The molecule has 0 aromatic carbocycles. The van der Waals surface area contributed by atoms with Gasteiger partial charge in [0, 0.05) is 36.3 Å². The van der Waals surface area contributed by atoms with Gasteiger partial charge in [0.25, 0.3) is 0 Å². The highest BCUT2D eigenvalue weighted by Gasteiger charge is 2.17. The number of carbonyl (C=O) groups is 1. The molecule has 0 saturated carbocycles. The first-order valence-corrected chi connectivity index (χ1v) is 6.57. The lowest BCUT2D eigenvalue weighted by molar-refractivity contribution is -0.120. The maximum atomic E-state index is 11.2. The van der Waals surface area contributed by atoms with E-state index < -0.39 is 0 Å². The standard InChI is InChI=1S/C12H21N3OS/c1-9-4-5-11(17-9)10(8-13)15(3)7-6-12(16)14-2/h4-5,10H,6-8,13H2,1-3H3,(H,14,16). The molecule has 5 heteroatoms. The molecule has 0 spiro atoms. The first-order valence-electron chi connectivity index (χ1n) is 5.75. The van der Waals surface area contributed by atoms with E-state index in [9.17, 15) is 4.79 Å². The molecule has 0 bridgehead atoms. The fraction of sp³-hybridized carbons (Fsp3) is 0.583. The van der Waals surface area contributed by atoms with Crippen LogP contribution in [0, 0.1) is 6.92 Å². The molecule has 1 unspecified atom stereocenters. The number of thiophene rings is 1. The van der Waals surface area contributed by atoms with Crippen molar-refractivity contribution in [3.8, 4) is 0 Å². The molecule has 4 nitrogen and oxygen atoms in total. The number of amides is 1. The van der Waals surface area contributed by atoms with E-state index in [2.05, 4.69) is 29.3 Å². The number of aryl methyl sites for hydroxylation is 1. The second-order valence-corrected chi connectivity index (χ2v) is 5.42. The Hall–Kier alpha value is -0.910. The van der Waals surface area contributed by atoms with Gasteiger partial charge in [-0.15, -0.1) is 11.3 Å². The lowest BCUT2D eigenvalue weighted by Crippen LogP contribution is -2.33. The zero-order chi connectivity index (χ0) is 12.8. The molecule has 1 rings (SSSR count). The van der Waals surface area contributed by atoms with Crippen molar-refractivity contribution >= 4 is 17.2 Å². The van der Waals surface area contributed by atoms with Crippen LogP contribution in [0.5, 0.6) is 0 Å². The molecule has 1 atom stereocenters. The Kier molecular flexibility index (Phi) is 5.61. The van der Waals surface area contributed by atoms with Crippen molar-refractivity contribution in [2.45, 2.75) is 19.4 Å². The summed E-state index contributed by atoms with van der Waals surface area (Å²) in [6.07, 6.45) is 0.508. The first kappa shape index (κ1) is 14.2. The highest BCUT2D eigenvalue weighted by Crippen LogP contribution is 2.25. The van der Waals surface area contributed by atoms with E-state index in [1.165, 1.54) is 9.75 Å². The predicted molar refractivity (Wildman–Crippen MR) is 72.2 cm³/mol.